The molecule has 4 heterocycles. The average Bonchev–Trinajstić information content (AvgIpc) is 3.83. The van der Waals surface area contributed by atoms with Gasteiger partial charge in [-0.1, -0.05) is 44.2 Å². The number of amides is 2. The fraction of sp³-hybridized carbons (Fsp3) is 0.419. The van der Waals surface area contributed by atoms with Gasteiger partial charge in [-0.2, -0.15) is 8.78 Å². The van der Waals surface area contributed by atoms with E-state index in [1.165, 1.54) is 20.0 Å². The largest absolute Gasteiger partial charge is 0.453 e. The third-order valence-electron chi connectivity index (χ3n) is 13.1. The number of benzene rings is 3. The smallest absolute Gasteiger partial charge is 0.407 e. The summed E-state index contributed by atoms with van der Waals surface area (Å²) in [5, 5.41) is 6.38. The number of imidazole rings is 1. The molecule has 9 nitrogen and oxygen atoms in total. The first kappa shape index (κ1) is 33.5. The fourth-order valence-electron chi connectivity index (χ4n) is 9.91. The predicted octanol–water partition coefficient (Wildman–Crippen LogP) is 8.59. The first-order chi connectivity index (χ1) is 26.0. The number of hydrogen-bond acceptors (Lipinski definition) is 5. The van der Waals surface area contributed by atoms with Gasteiger partial charge in [-0.3, -0.25) is 4.79 Å². The highest BCUT2D eigenvalue weighted by Crippen LogP contribution is 2.56. The summed E-state index contributed by atoms with van der Waals surface area (Å²) < 4.78 is 37.6. The zero-order valence-corrected chi connectivity index (χ0v) is 30.6. The van der Waals surface area contributed by atoms with Crippen molar-refractivity contribution in [3.8, 4) is 33.5 Å². The van der Waals surface area contributed by atoms with E-state index in [0.29, 0.717) is 27.9 Å². The fourth-order valence-corrected chi connectivity index (χ4v) is 9.91. The predicted molar refractivity (Wildman–Crippen MR) is 202 cm³/mol. The van der Waals surface area contributed by atoms with Crippen molar-refractivity contribution in [3.63, 3.8) is 0 Å². The quantitative estimate of drug-likeness (QED) is 0.134. The molecular formula is C43H44F2N6O3. The van der Waals surface area contributed by atoms with Crippen LogP contribution in [0.2, 0.25) is 0 Å². The van der Waals surface area contributed by atoms with Gasteiger partial charge < -0.3 is 30.2 Å². The number of nitrogens with zero attached hydrogens (tertiary/aromatic N) is 2. The van der Waals surface area contributed by atoms with Gasteiger partial charge in [0.1, 0.15) is 11.9 Å². The van der Waals surface area contributed by atoms with E-state index >= 15 is 8.78 Å². The number of rotatable bonds is 7. The number of ether oxygens (including phenoxy) is 1. The number of piperidine rings is 1. The second-order valence-electron chi connectivity index (χ2n) is 16.7. The Morgan fingerprint density at radius 1 is 0.926 bits per heavy atom. The van der Waals surface area contributed by atoms with Crippen LogP contribution in [0.5, 0.6) is 0 Å². The highest BCUT2D eigenvalue weighted by molar-refractivity contribution is 5.88. The maximum Gasteiger partial charge on any atom is 0.407 e. The monoisotopic (exact) mass is 730 g/mol. The molecular weight excluding hydrogens is 687 g/mol. The lowest BCUT2D eigenvalue weighted by atomic mass is 9.95. The van der Waals surface area contributed by atoms with E-state index in [-0.39, 0.29) is 47.0 Å². The highest BCUT2D eigenvalue weighted by atomic mass is 19.3. The van der Waals surface area contributed by atoms with E-state index in [4.69, 9.17) is 9.72 Å². The van der Waals surface area contributed by atoms with Crippen molar-refractivity contribution < 1.29 is 23.1 Å². The van der Waals surface area contributed by atoms with E-state index < -0.39 is 18.1 Å². The molecule has 3 aliphatic carbocycles. The van der Waals surface area contributed by atoms with Gasteiger partial charge in [0.25, 0.3) is 5.92 Å². The number of carbonyl (C=O) groups excluding carboxylic acids is 2. The third-order valence-corrected chi connectivity index (χ3v) is 13.1. The zero-order valence-electron chi connectivity index (χ0n) is 30.6. The lowest BCUT2D eigenvalue weighted by Crippen LogP contribution is -2.54. The number of alkyl carbamates (subject to hydrolysis) is 1. The average molecular weight is 731 g/mol. The summed E-state index contributed by atoms with van der Waals surface area (Å²) in [5.74, 6) is -2.46. The van der Waals surface area contributed by atoms with Crippen molar-refractivity contribution in [1.29, 1.82) is 0 Å². The number of carbonyl (C=O) groups is 2. The second kappa shape index (κ2) is 12.0. The molecule has 2 saturated heterocycles. The maximum absolute atomic E-state index is 16.4. The van der Waals surface area contributed by atoms with Crippen LogP contribution >= 0.6 is 0 Å². The molecule has 2 saturated carbocycles. The molecule has 3 aromatic carbocycles. The number of H-pyrrole nitrogens is 2. The van der Waals surface area contributed by atoms with Crippen LogP contribution in [0.15, 0.2) is 66.7 Å². The molecule has 278 valence electrons. The van der Waals surface area contributed by atoms with Crippen LogP contribution in [0.1, 0.15) is 87.1 Å². The molecule has 54 heavy (non-hydrogen) atoms. The van der Waals surface area contributed by atoms with Crippen molar-refractivity contribution in [2.75, 3.05) is 13.7 Å². The Morgan fingerprint density at radius 3 is 2.37 bits per heavy atom. The molecule has 2 aromatic heterocycles. The molecule has 1 spiro atoms. The second-order valence-corrected chi connectivity index (χ2v) is 16.7. The van der Waals surface area contributed by atoms with E-state index in [9.17, 15) is 9.59 Å². The molecule has 10 rings (SSSR count). The Labute approximate surface area is 312 Å². The molecule has 2 amide bonds. The molecule has 4 fully saturated rings. The minimum Gasteiger partial charge on any atom is -0.453 e. The molecule has 5 aliphatic rings. The Hall–Kier alpha value is -5.03. The number of hydrogen-bond donors (Lipinski definition) is 4. The van der Waals surface area contributed by atoms with Crippen LogP contribution in [0.3, 0.4) is 0 Å². The Balaban J connectivity index is 0.921. The van der Waals surface area contributed by atoms with Crippen molar-refractivity contribution in [3.05, 3.63) is 89.4 Å². The molecule has 11 heteroatoms. The van der Waals surface area contributed by atoms with Crippen LogP contribution < -0.4 is 10.6 Å². The summed E-state index contributed by atoms with van der Waals surface area (Å²) in [6, 6.07) is 20.0. The van der Waals surface area contributed by atoms with Crippen LogP contribution in [-0.4, -0.2) is 57.6 Å². The number of nitrogens with one attached hydrogen (secondary N) is 4. The van der Waals surface area contributed by atoms with E-state index in [1.54, 1.807) is 12.1 Å². The van der Waals surface area contributed by atoms with Crippen LogP contribution in [0.25, 0.3) is 44.5 Å². The normalized spacial score (nSPS) is 24.7. The molecule has 2 aliphatic heterocycles. The Kier molecular flexibility index (Phi) is 7.44. The van der Waals surface area contributed by atoms with Crippen LogP contribution in [0, 0.1) is 17.3 Å². The van der Waals surface area contributed by atoms with Gasteiger partial charge in [-0.05, 0) is 120 Å². The first-order valence-electron chi connectivity index (χ1n) is 19.3. The minimum atomic E-state index is -3.16. The molecule has 5 atom stereocenters. The summed E-state index contributed by atoms with van der Waals surface area (Å²) in [4.78, 5) is 40.0. The molecule has 4 N–H and O–H groups in total. The van der Waals surface area contributed by atoms with Gasteiger partial charge in [-0.25, -0.2) is 9.78 Å². The summed E-state index contributed by atoms with van der Waals surface area (Å²) in [6.45, 7) is 4.86. The molecule has 0 radical (unpaired) electrons. The van der Waals surface area contributed by atoms with Crippen molar-refractivity contribution in [2.24, 2.45) is 17.3 Å². The van der Waals surface area contributed by atoms with Crippen molar-refractivity contribution in [1.82, 2.24) is 30.5 Å². The standard InChI is InChI=1S/C43H44F2N6O3/c1-22(2)37(50-41(53)54-3)40(52)51-27-8-4-26(16-27)38(51)39-48-33-11-7-24(19-35(33)49-39)23-5-9-28-29-10-6-25(18-31(29)43(44,45)30(28)17-23)32-12-13-34(47-32)36-20-42(14-15-42)21-46-36/h5-7,9-13,17-19,22,26-27,36-38,46-47H,4,8,14-16,20-21H2,1-3H3,(H,48,49)(H,50,53)/t26-,27+,36-,37?,38-/m0/s1. The van der Waals surface area contributed by atoms with Gasteiger partial charge in [0.05, 0.1) is 24.2 Å². The molecule has 2 bridgehead atoms. The Bertz CT molecular complexity index is 2340. The number of aromatic nitrogens is 3. The summed E-state index contributed by atoms with van der Waals surface area (Å²) in [7, 11) is 1.29. The molecule has 5 aromatic rings. The van der Waals surface area contributed by atoms with Gasteiger partial charge >= 0.3 is 6.09 Å². The van der Waals surface area contributed by atoms with E-state index in [1.807, 2.05) is 67.3 Å². The van der Waals surface area contributed by atoms with Crippen LogP contribution in [-0.2, 0) is 15.5 Å². The zero-order chi connectivity index (χ0) is 37.1. The maximum atomic E-state index is 16.4. The minimum absolute atomic E-state index is 0.00557. The summed E-state index contributed by atoms with van der Waals surface area (Å²) in [6.07, 6.45) is 5.86. The lowest BCUT2D eigenvalue weighted by Gasteiger charge is -2.37. The molecule has 1 unspecified atom stereocenters. The van der Waals surface area contributed by atoms with Gasteiger partial charge in [-0.15, -0.1) is 0 Å². The van der Waals surface area contributed by atoms with Crippen molar-refractivity contribution >= 4 is 23.0 Å². The van der Waals surface area contributed by atoms with Crippen molar-refractivity contribution in [2.45, 2.75) is 82.5 Å². The number of aromatic amines is 2. The SMILES string of the molecule is COC(=O)NC(C(=O)N1[C@@H]2CC[C@@H](C2)[C@H]1c1nc2ccc(-c3ccc4c(c3)C(F)(F)c3cc(-c5ccc([C@@H]6CC7(CC7)CN6)[nH]5)ccc3-4)cc2[nH]1)C(C)C. The highest BCUT2D eigenvalue weighted by Gasteiger charge is 2.52. The Morgan fingerprint density at radius 2 is 1.65 bits per heavy atom. The topological polar surface area (TPSA) is 115 Å². The van der Waals surface area contributed by atoms with Crippen LogP contribution in [0.4, 0.5) is 13.6 Å². The number of likely N-dealkylation sites (tertiary alicyclic amines) is 1. The number of halogens is 2. The lowest BCUT2D eigenvalue weighted by molar-refractivity contribution is -0.139. The van der Waals surface area contributed by atoms with Gasteiger partial charge in [0.2, 0.25) is 5.91 Å². The number of alkyl halides is 2. The van der Waals surface area contributed by atoms with E-state index in [0.717, 1.165) is 65.8 Å². The number of fused-ring (bicyclic) bond motifs is 6. The van der Waals surface area contributed by atoms with Gasteiger partial charge in [0.15, 0.2) is 0 Å². The third kappa shape index (κ3) is 5.21. The summed E-state index contributed by atoms with van der Waals surface area (Å²) >= 11 is 0. The van der Waals surface area contributed by atoms with Gasteiger partial charge in [0, 0.05) is 41.1 Å². The first-order valence-corrected chi connectivity index (χ1v) is 19.3. The van der Waals surface area contributed by atoms with E-state index in [2.05, 4.69) is 26.7 Å². The number of methoxy groups -OCH3 is 1. The summed E-state index contributed by atoms with van der Waals surface area (Å²) in [5.41, 5.74) is 7.33.